The second kappa shape index (κ2) is 6.14. The van der Waals surface area contributed by atoms with Crippen LogP contribution in [0.4, 0.5) is 4.79 Å². The fourth-order valence-electron chi connectivity index (χ4n) is 1.85. The SMILES string of the molecule is CCNC(=O)NC(=O)CN(C)C1CCS(=O)(=O)C1. The average Bonchev–Trinajstić information content (AvgIpc) is 2.58. The summed E-state index contributed by atoms with van der Waals surface area (Å²) >= 11 is 0. The third-order valence-electron chi connectivity index (χ3n) is 2.82. The molecule has 0 radical (unpaired) electrons. The molecule has 0 spiro atoms. The van der Waals surface area contributed by atoms with Gasteiger partial charge in [0.05, 0.1) is 18.1 Å². The second-order valence-corrected chi connectivity index (χ2v) is 6.61. The van der Waals surface area contributed by atoms with Crippen LogP contribution in [-0.2, 0) is 14.6 Å². The van der Waals surface area contributed by atoms with Crippen molar-refractivity contribution in [3.63, 3.8) is 0 Å². The lowest BCUT2D eigenvalue weighted by Gasteiger charge is -2.21. The molecule has 1 atom stereocenters. The number of nitrogens with zero attached hydrogens (tertiary/aromatic N) is 1. The number of hydrogen-bond donors (Lipinski definition) is 2. The van der Waals surface area contributed by atoms with Gasteiger partial charge in [-0.1, -0.05) is 0 Å². The molecule has 0 bridgehead atoms. The number of carbonyl (C=O) groups excluding carboxylic acids is 2. The smallest absolute Gasteiger partial charge is 0.321 e. The number of likely N-dealkylation sites (N-methyl/N-ethyl adjacent to an activating group) is 1. The van der Waals surface area contributed by atoms with Gasteiger partial charge in [0.1, 0.15) is 0 Å². The summed E-state index contributed by atoms with van der Waals surface area (Å²) in [5, 5.41) is 4.62. The first-order valence-electron chi connectivity index (χ1n) is 5.82. The van der Waals surface area contributed by atoms with E-state index in [0.717, 1.165) is 0 Å². The molecule has 1 aliphatic heterocycles. The Morgan fingerprint density at radius 3 is 2.56 bits per heavy atom. The van der Waals surface area contributed by atoms with Crippen molar-refractivity contribution in [3.8, 4) is 0 Å². The van der Waals surface area contributed by atoms with E-state index in [1.165, 1.54) is 0 Å². The van der Waals surface area contributed by atoms with E-state index in [-0.39, 0.29) is 24.1 Å². The zero-order valence-electron chi connectivity index (χ0n) is 10.6. The molecule has 0 saturated carbocycles. The van der Waals surface area contributed by atoms with Crippen LogP contribution >= 0.6 is 0 Å². The van der Waals surface area contributed by atoms with Gasteiger partial charge in [0.25, 0.3) is 0 Å². The number of urea groups is 1. The van der Waals surface area contributed by atoms with Crippen molar-refractivity contribution in [1.82, 2.24) is 15.5 Å². The molecule has 0 aliphatic carbocycles. The van der Waals surface area contributed by atoms with Gasteiger partial charge in [0, 0.05) is 12.6 Å². The molecule has 18 heavy (non-hydrogen) atoms. The lowest BCUT2D eigenvalue weighted by molar-refractivity contribution is -0.121. The molecule has 1 unspecified atom stereocenters. The van der Waals surface area contributed by atoms with Gasteiger partial charge >= 0.3 is 6.03 Å². The number of amides is 3. The van der Waals surface area contributed by atoms with Gasteiger partial charge in [-0.25, -0.2) is 13.2 Å². The van der Waals surface area contributed by atoms with Crippen LogP contribution in [0.3, 0.4) is 0 Å². The molecule has 0 aromatic carbocycles. The van der Waals surface area contributed by atoms with E-state index in [1.807, 2.05) is 0 Å². The van der Waals surface area contributed by atoms with E-state index in [9.17, 15) is 18.0 Å². The van der Waals surface area contributed by atoms with Crippen molar-refractivity contribution in [1.29, 1.82) is 0 Å². The van der Waals surface area contributed by atoms with Crippen LogP contribution in [0.5, 0.6) is 0 Å². The van der Waals surface area contributed by atoms with Gasteiger partial charge in [-0.05, 0) is 20.4 Å². The fraction of sp³-hybridized carbons (Fsp3) is 0.800. The topological polar surface area (TPSA) is 95.6 Å². The predicted molar refractivity (Wildman–Crippen MR) is 66.9 cm³/mol. The van der Waals surface area contributed by atoms with Crippen molar-refractivity contribution in [2.75, 3.05) is 31.6 Å². The molecule has 7 nitrogen and oxygen atoms in total. The van der Waals surface area contributed by atoms with E-state index in [4.69, 9.17) is 0 Å². The lowest BCUT2D eigenvalue weighted by atomic mass is 10.2. The quantitative estimate of drug-likeness (QED) is 0.683. The van der Waals surface area contributed by atoms with Crippen molar-refractivity contribution in [3.05, 3.63) is 0 Å². The maximum Gasteiger partial charge on any atom is 0.321 e. The Morgan fingerprint density at radius 1 is 1.39 bits per heavy atom. The van der Waals surface area contributed by atoms with Crippen LogP contribution in [0, 0.1) is 0 Å². The van der Waals surface area contributed by atoms with E-state index >= 15 is 0 Å². The average molecular weight is 277 g/mol. The largest absolute Gasteiger partial charge is 0.338 e. The Hall–Kier alpha value is -1.15. The molecule has 1 fully saturated rings. The van der Waals surface area contributed by atoms with E-state index in [0.29, 0.717) is 13.0 Å². The highest BCUT2D eigenvalue weighted by molar-refractivity contribution is 7.91. The summed E-state index contributed by atoms with van der Waals surface area (Å²) in [6.45, 7) is 2.20. The van der Waals surface area contributed by atoms with Crippen molar-refractivity contribution < 1.29 is 18.0 Å². The minimum absolute atomic E-state index is 0.0112. The number of hydrogen-bond acceptors (Lipinski definition) is 5. The molecule has 8 heteroatoms. The molecule has 1 aliphatic rings. The molecular formula is C10H19N3O4S. The van der Waals surface area contributed by atoms with Crippen molar-refractivity contribution in [2.45, 2.75) is 19.4 Å². The molecule has 3 amide bonds. The van der Waals surface area contributed by atoms with Crippen molar-refractivity contribution >= 4 is 21.8 Å². The summed E-state index contributed by atoms with van der Waals surface area (Å²) in [4.78, 5) is 24.3. The minimum atomic E-state index is -2.96. The third kappa shape index (κ3) is 4.61. The van der Waals surface area contributed by atoms with Crippen LogP contribution in [-0.4, -0.2) is 62.9 Å². The molecular weight excluding hydrogens is 258 g/mol. The van der Waals surface area contributed by atoms with Gasteiger partial charge in [-0.15, -0.1) is 0 Å². The number of carbonyl (C=O) groups is 2. The highest BCUT2D eigenvalue weighted by Crippen LogP contribution is 2.15. The van der Waals surface area contributed by atoms with Crippen LogP contribution in [0.15, 0.2) is 0 Å². The number of nitrogens with one attached hydrogen (secondary N) is 2. The maximum atomic E-state index is 11.5. The van der Waals surface area contributed by atoms with Gasteiger partial charge in [-0.3, -0.25) is 15.0 Å². The predicted octanol–water partition coefficient (Wildman–Crippen LogP) is -1.05. The van der Waals surface area contributed by atoms with Gasteiger partial charge in [-0.2, -0.15) is 0 Å². The number of imide groups is 1. The van der Waals surface area contributed by atoms with Gasteiger partial charge < -0.3 is 5.32 Å². The van der Waals surface area contributed by atoms with Gasteiger partial charge in [0.15, 0.2) is 9.84 Å². The Labute approximate surface area is 107 Å². The Bertz CT molecular complexity index is 421. The Morgan fingerprint density at radius 2 is 2.06 bits per heavy atom. The molecule has 1 rings (SSSR count). The molecule has 2 N–H and O–H groups in total. The van der Waals surface area contributed by atoms with Crippen LogP contribution < -0.4 is 10.6 Å². The summed E-state index contributed by atoms with van der Waals surface area (Å²) in [6, 6.07) is -0.676. The second-order valence-electron chi connectivity index (χ2n) is 4.38. The standard InChI is InChI=1S/C10H19N3O4S/c1-3-11-10(15)12-9(14)6-13(2)8-4-5-18(16,17)7-8/h8H,3-7H2,1-2H3,(H2,11,12,14,15). The monoisotopic (exact) mass is 277 g/mol. The van der Waals surface area contributed by atoms with Crippen molar-refractivity contribution in [2.24, 2.45) is 0 Å². The van der Waals surface area contributed by atoms with E-state index < -0.39 is 21.8 Å². The number of rotatable bonds is 4. The maximum absolute atomic E-state index is 11.5. The van der Waals surface area contributed by atoms with Crippen LogP contribution in [0.1, 0.15) is 13.3 Å². The first kappa shape index (κ1) is 14.9. The molecule has 104 valence electrons. The van der Waals surface area contributed by atoms with Gasteiger partial charge in [0.2, 0.25) is 5.91 Å². The summed E-state index contributed by atoms with van der Waals surface area (Å²) in [6.07, 6.45) is 0.535. The number of sulfone groups is 1. The summed E-state index contributed by atoms with van der Waals surface area (Å²) < 4.78 is 22.6. The Balaban J connectivity index is 2.38. The zero-order chi connectivity index (χ0) is 13.8. The molecule has 1 saturated heterocycles. The van der Waals surface area contributed by atoms with Crippen LogP contribution in [0.25, 0.3) is 0 Å². The minimum Gasteiger partial charge on any atom is -0.338 e. The third-order valence-corrected chi connectivity index (χ3v) is 4.57. The highest BCUT2D eigenvalue weighted by Gasteiger charge is 2.31. The first-order chi connectivity index (χ1) is 8.34. The first-order valence-corrected chi connectivity index (χ1v) is 7.64. The lowest BCUT2D eigenvalue weighted by Crippen LogP contribution is -2.46. The highest BCUT2D eigenvalue weighted by atomic mass is 32.2. The summed E-state index contributed by atoms with van der Waals surface area (Å²) in [5.74, 6) is -0.189. The molecule has 0 aromatic heterocycles. The molecule has 0 aromatic rings. The normalized spacial score (nSPS) is 21.8. The zero-order valence-corrected chi connectivity index (χ0v) is 11.4. The fourth-order valence-corrected chi connectivity index (χ4v) is 3.65. The Kier molecular flexibility index (Phi) is 5.09. The van der Waals surface area contributed by atoms with E-state index in [2.05, 4.69) is 10.6 Å². The molecule has 1 heterocycles. The van der Waals surface area contributed by atoms with E-state index in [1.54, 1.807) is 18.9 Å². The summed E-state index contributed by atoms with van der Waals surface area (Å²) in [7, 11) is -1.28. The summed E-state index contributed by atoms with van der Waals surface area (Å²) in [5.41, 5.74) is 0. The van der Waals surface area contributed by atoms with Crippen LogP contribution in [0.2, 0.25) is 0 Å².